The van der Waals surface area contributed by atoms with Crippen molar-refractivity contribution in [2.45, 2.75) is 26.7 Å². The Morgan fingerprint density at radius 3 is 2.38 bits per heavy atom. The lowest BCUT2D eigenvalue weighted by Crippen LogP contribution is -2.40. The Labute approximate surface area is 189 Å². The van der Waals surface area contributed by atoms with E-state index < -0.39 is 17.1 Å². The number of benzene rings is 1. The van der Waals surface area contributed by atoms with Gasteiger partial charge in [-0.05, 0) is 80.4 Å². The van der Waals surface area contributed by atoms with Crippen LogP contribution >= 0.6 is 11.8 Å². The number of likely N-dealkylation sites (tertiary alicyclic amines) is 1. The second-order valence-corrected chi connectivity index (χ2v) is 8.86. The van der Waals surface area contributed by atoms with E-state index in [1.807, 2.05) is 24.5 Å². The van der Waals surface area contributed by atoms with Gasteiger partial charge in [-0.1, -0.05) is 0 Å². The number of carboxylic acids is 1. The Morgan fingerprint density at radius 2 is 1.75 bits per heavy atom. The van der Waals surface area contributed by atoms with Crippen molar-refractivity contribution in [2.75, 3.05) is 19.6 Å². The first-order valence-electron chi connectivity index (χ1n) is 10.3. The summed E-state index contributed by atoms with van der Waals surface area (Å²) in [7, 11) is 0. The first-order chi connectivity index (χ1) is 15.3. The second kappa shape index (κ2) is 8.66. The molecule has 2 aliphatic rings. The van der Waals surface area contributed by atoms with Crippen LogP contribution in [0.25, 0.3) is 11.8 Å². The van der Waals surface area contributed by atoms with Gasteiger partial charge in [0.15, 0.2) is 0 Å². The molecule has 1 aromatic carbocycles. The molecular weight excluding hydrogens is 430 g/mol. The molecule has 1 N–H and O–H groups in total. The lowest BCUT2D eigenvalue weighted by atomic mass is 10.2. The molecule has 4 rings (SSSR count). The van der Waals surface area contributed by atoms with Crippen molar-refractivity contribution >= 4 is 40.9 Å². The number of carboxylic acid groups (broad SMARTS) is 1. The molecule has 2 aliphatic heterocycles. The van der Waals surface area contributed by atoms with Crippen LogP contribution in [0.15, 0.2) is 35.2 Å². The molecule has 8 nitrogen and oxygen atoms in total. The Hall–Kier alpha value is -3.33. The minimum Gasteiger partial charge on any atom is -0.478 e. The van der Waals surface area contributed by atoms with E-state index in [1.165, 1.54) is 0 Å². The topological polar surface area (TPSA) is 99.9 Å². The third-order valence-electron chi connectivity index (χ3n) is 5.76. The van der Waals surface area contributed by atoms with Gasteiger partial charge in [0.1, 0.15) is 6.54 Å². The molecule has 0 bridgehead atoms. The maximum absolute atomic E-state index is 12.8. The van der Waals surface area contributed by atoms with Crippen molar-refractivity contribution in [1.82, 2.24) is 14.4 Å². The van der Waals surface area contributed by atoms with Crippen LogP contribution in [0.1, 0.15) is 40.2 Å². The van der Waals surface area contributed by atoms with Gasteiger partial charge in [0.25, 0.3) is 11.1 Å². The molecule has 9 heteroatoms. The highest BCUT2D eigenvalue weighted by atomic mass is 32.2. The van der Waals surface area contributed by atoms with Gasteiger partial charge in [-0.2, -0.15) is 0 Å². The summed E-state index contributed by atoms with van der Waals surface area (Å²) in [4.78, 5) is 51.7. The van der Waals surface area contributed by atoms with E-state index in [9.17, 15) is 19.2 Å². The van der Waals surface area contributed by atoms with Crippen molar-refractivity contribution in [3.05, 3.63) is 57.8 Å². The summed E-state index contributed by atoms with van der Waals surface area (Å²) in [5, 5.41) is 8.66. The van der Waals surface area contributed by atoms with Crippen LogP contribution < -0.4 is 0 Å². The molecule has 2 aromatic rings. The van der Waals surface area contributed by atoms with Crippen molar-refractivity contribution in [1.29, 1.82) is 0 Å². The molecule has 2 saturated heterocycles. The summed E-state index contributed by atoms with van der Waals surface area (Å²) in [6.45, 7) is 4.92. The van der Waals surface area contributed by atoms with Crippen LogP contribution in [0, 0.1) is 13.8 Å². The molecule has 0 aliphatic carbocycles. The molecule has 3 heterocycles. The number of nitrogens with zero attached hydrogens (tertiary/aromatic N) is 3. The highest BCUT2D eigenvalue weighted by Gasteiger charge is 2.37. The van der Waals surface area contributed by atoms with Crippen molar-refractivity contribution in [3.63, 3.8) is 0 Å². The maximum atomic E-state index is 12.8. The van der Waals surface area contributed by atoms with Crippen LogP contribution in [0.5, 0.6) is 0 Å². The van der Waals surface area contributed by atoms with Crippen LogP contribution in [0.2, 0.25) is 0 Å². The molecule has 0 spiro atoms. The van der Waals surface area contributed by atoms with E-state index in [1.54, 1.807) is 35.2 Å². The summed E-state index contributed by atoms with van der Waals surface area (Å²) in [6.07, 6.45) is 3.57. The fourth-order valence-corrected chi connectivity index (χ4v) is 4.89. The highest BCUT2D eigenvalue weighted by molar-refractivity contribution is 8.18. The van der Waals surface area contributed by atoms with E-state index >= 15 is 0 Å². The fourth-order valence-electron chi connectivity index (χ4n) is 4.06. The largest absolute Gasteiger partial charge is 0.478 e. The van der Waals surface area contributed by atoms with Gasteiger partial charge in [0.2, 0.25) is 5.91 Å². The molecule has 166 valence electrons. The van der Waals surface area contributed by atoms with E-state index in [4.69, 9.17) is 5.11 Å². The number of amides is 3. The number of hydrogen-bond donors (Lipinski definition) is 1. The van der Waals surface area contributed by atoms with Crippen molar-refractivity contribution < 1.29 is 24.3 Å². The number of carbonyl (C=O) groups is 4. The van der Waals surface area contributed by atoms with Crippen LogP contribution in [-0.4, -0.2) is 62.1 Å². The van der Waals surface area contributed by atoms with Gasteiger partial charge in [-0.25, -0.2) is 4.79 Å². The maximum Gasteiger partial charge on any atom is 0.335 e. The minimum absolute atomic E-state index is 0.200. The average Bonchev–Trinajstić information content (AvgIpc) is 3.45. The summed E-state index contributed by atoms with van der Waals surface area (Å²) in [6, 6.07) is 8.44. The Balaban J connectivity index is 1.57. The number of carbonyl (C=O) groups excluding carboxylic acids is 3. The van der Waals surface area contributed by atoms with Crippen molar-refractivity contribution in [2.24, 2.45) is 0 Å². The molecule has 0 saturated carbocycles. The molecule has 0 atom stereocenters. The first kappa shape index (κ1) is 21.9. The first-order valence-corrected chi connectivity index (χ1v) is 11.1. The van der Waals surface area contributed by atoms with Crippen LogP contribution in [0.4, 0.5) is 4.79 Å². The van der Waals surface area contributed by atoms with Gasteiger partial charge in [-0.15, -0.1) is 0 Å². The van der Waals surface area contributed by atoms with Crippen LogP contribution in [-0.2, 0) is 9.59 Å². The van der Waals surface area contributed by atoms with Gasteiger partial charge >= 0.3 is 5.97 Å². The second-order valence-electron chi connectivity index (χ2n) is 7.87. The molecule has 2 fully saturated rings. The van der Waals surface area contributed by atoms with Crippen LogP contribution in [0.3, 0.4) is 0 Å². The number of imide groups is 1. The monoisotopic (exact) mass is 453 g/mol. The highest BCUT2D eigenvalue weighted by Crippen LogP contribution is 2.34. The lowest BCUT2D eigenvalue weighted by molar-refractivity contribution is -0.135. The fraction of sp³-hybridized carbons (Fsp3) is 0.304. The van der Waals surface area contributed by atoms with E-state index in [0.29, 0.717) is 13.1 Å². The number of thioether (sulfide) groups is 1. The zero-order valence-electron chi connectivity index (χ0n) is 17.8. The number of aryl methyl sites for hydroxylation is 1. The van der Waals surface area contributed by atoms with Gasteiger partial charge < -0.3 is 14.6 Å². The normalized spacial score (nSPS) is 17.6. The number of rotatable bonds is 5. The smallest absolute Gasteiger partial charge is 0.335 e. The van der Waals surface area contributed by atoms with E-state index in [-0.39, 0.29) is 22.9 Å². The lowest BCUT2D eigenvalue weighted by Gasteiger charge is -2.18. The zero-order valence-corrected chi connectivity index (χ0v) is 18.6. The van der Waals surface area contributed by atoms with Crippen molar-refractivity contribution in [3.8, 4) is 5.69 Å². The molecule has 0 radical (unpaired) electrons. The molecule has 1 aromatic heterocycles. The molecule has 32 heavy (non-hydrogen) atoms. The number of hydrogen-bond acceptors (Lipinski definition) is 5. The standard InChI is InChI=1S/C23H23N3O5S/c1-14-11-17(15(2)26(14)18-7-5-16(6-8-18)22(29)30)12-19-21(28)25(23(31)32-19)13-20(27)24-9-3-4-10-24/h5-8,11-12H,3-4,9-10,13H2,1-2H3,(H,29,30)/b19-12-. The summed E-state index contributed by atoms with van der Waals surface area (Å²) in [5.74, 6) is -1.64. The molecule has 0 unspecified atom stereocenters. The van der Waals surface area contributed by atoms with Gasteiger partial charge in [0, 0.05) is 30.2 Å². The predicted octanol–water partition coefficient (Wildman–Crippen LogP) is 3.45. The Bertz CT molecular complexity index is 1140. The Morgan fingerprint density at radius 1 is 1.09 bits per heavy atom. The SMILES string of the molecule is Cc1cc(/C=C2\SC(=O)N(CC(=O)N3CCCC3)C2=O)c(C)n1-c1ccc(C(=O)O)cc1. The van der Waals surface area contributed by atoms with E-state index in [0.717, 1.165) is 52.1 Å². The minimum atomic E-state index is -0.989. The average molecular weight is 454 g/mol. The Kier molecular flexibility index (Phi) is 5.92. The quantitative estimate of drug-likeness (QED) is 0.696. The van der Waals surface area contributed by atoms with Gasteiger partial charge in [0.05, 0.1) is 10.5 Å². The predicted molar refractivity (Wildman–Crippen MR) is 121 cm³/mol. The zero-order chi connectivity index (χ0) is 23.0. The van der Waals surface area contributed by atoms with E-state index in [2.05, 4.69) is 0 Å². The summed E-state index contributed by atoms with van der Waals surface area (Å²) >= 11 is 0.839. The third-order valence-corrected chi connectivity index (χ3v) is 6.66. The third kappa shape index (κ3) is 4.08. The molecule has 3 amide bonds. The summed E-state index contributed by atoms with van der Waals surface area (Å²) in [5.41, 5.74) is 3.54. The summed E-state index contributed by atoms with van der Waals surface area (Å²) < 4.78 is 1.96. The van der Waals surface area contributed by atoms with Gasteiger partial charge in [-0.3, -0.25) is 19.3 Å². The molecular formula is C23H23N3O5S. The number of aromatic carboxylic acids is 1. The number of aromatic nitrogens is 1.